The smallest absolute Gasteiger partial charge is 0.191 e. The van der Waals surface area contributed by atoms with E-state index in [1.54, 1.807) is 0 Å². The van der Waals surface area contributed by atoms with E-state index < -0.39 is 0 Å². The Balaban J connectivity index is 1.29. The van der Waals surface area contributed by atoms with Gasteiger partial charge in [0.2, 0.25) is 0 Å². The fourth-order valence-electron chi connectivity index (χ4n) is 3.72. The van der Waals surface area contributed by atoms with Gasteiger partial charge in [0.05, 0.1) is 17.9 Å². The van der Waals surface area contributed by atoms with Crippen LogP contribution >= 0.6 is 11.3 Å². The molecule has 0 aliphatic carbocycles. The molecule has 3 aromatic rings. The standard InChI is InChI=1S/C23H30N6S/c1-2-25-23(27-21-9-12-29(13-10-21)22-4-3-15-30-22)26-16-19-5-7-20(8-6-19)17-28-14-11-24-18-28/h3-8,11,14-15,18,21H,2,9-10,12-13,16-17H2,1H3,(H2,25,26,27). The molecule has 4 rings (SSSR count). The number of hydrogen-bond acceptors (Lipinski definition) is 4. The number of nitrogens with one attached hydrogen (secondary N) is 2. The van der Waals surface area contributed by atoms with Crippen molar-refractivity contribution in [1.29, 1.82) is 0 Å². The molecule has 6 nitrogen and oxygen atoms in total. The monoisotopic (exact) mass is 422 g/mol. The maximum Gasteiger partial charge on any atom is 0.191 e. The van der Waals surface area contributed by atoms with Gasteiger partial charge in [-0.2, -0.15) is 0 Å². The van der Waals surface area contributed by atoms with E-state index in [0.717, 1.165) is 45.0 Å². The molecular formula is C23H30N6S. The molecule has 1 aliphatic heterocycles. The zero-order valence-corrected chi connectivity index (χ0v) is 18.3. The summed E-state index contributed by atoms with van der Waals surface area (Å²) in [6, 6.07) is 13.5. The van der Waals surface area contributed by atoms with Crippen LogP contribution in [-0.2, 0) is 13.1 Å². The number of rotatable bonds is 7. The van der Waals surface area contributed by atoms with Crippen molar-refractivity contribution in [3.8, 4) is 0 Å². The number of hydrogen-bond donors (Lipinski definition) is 2. The van der Waals surface area contributed by atoms with E-state index >= 15 is 0 Å². The molecule has 3 heterocycles. The van der Waals surface area contributed by atoms with Gasteiger partial charge in [-0.25, -0.2) is 9.98 Å². The fraction of sp³-hybridized carbons (Fsp3) is 0.391. The van der Waals surface area contributed by atoms with Crippen molar-refractivity contribution in [2.75, 3.05) is 24.5 Å². The first-order chi connectivity index (χ1) is 14.8. The molecule has 0 radical (unpaired) electrons. The number of piperidine rings is 1. The first-order valence-electron chi connectivity index (χ1n) is 10.7. The van der Waals surface area contributed by atoms with Crippen molar-refractivity contribution in [3.05, 3.63) is 71.6 Å². The van der Waals surface area contributed by atoms with Crippen LogP contribution in [0.2, 0.25) is 0 Å². The first kappa shape index (κ1) is 20.5. The Morgan fingerprint density at radius 1 is 1.17 bits per heavy atom. The molecule has 2 N–H and O–H groups in total. The minimum absolute atomic E-state index is 0.469. The molecule has 1 saturated heterocycles. The fourth-order valence-corrected chi connectivity index (χ4v) is 4.50. The number of nitrogens with zero attached hydrogens (tertiary/aromatic N) is 4. The normalized spacial score (nSPS) is 15.4. The predicted molar refractivity (Wildman–Crippen MR) is 125 cm³/mol. The van der Waals surface area contributed by atoms with Crippen molar-refractivity contribution in [1.82, 2.24) is 20.2 Å². The molecule has 0 spiro atoms. The third-order valence-electron chi connectivity index (χ3n) is 5.36. The molecule has 1 aromatic carbocycles. The Hall–Kier alpha value is -2.80. The maximum absolute atomic E-state index is 4.82. The number of imidazole rings is 1. The molecule has 30 heavy (non-hydrogen) atoms. The second-order valence-electron chi connectivity index (χ2n) is 7.60. The first-order valence-corrected chi connectivity index (χ1v) is 11.5. The van der Waals surface area contributed by atoms with E-state index in [1.165, 1.54) is 16.1 Å². The number of aromatic nitrogens is 2. The lowest BCUT2D eigenvalue weighted by molar-refractivity contribution is 0.463. The van der Waals surface area contributed by atoms with Crippen molar-refractivity contribution in [2.45, 2.75) is 38.9 Å². The average molecular weight is 423 g/mol. The molecule has 1 aliphatic rings. The third kappa shape index (κ3) is 5.63. The van der Waals surface area contributed by atoms with Crippen LogP contribution in [-0.4, -0.2) is 41.2 Å². The Morgan fingerprint density at radius 3 is 2.63 bits per heavy atom. The van der Waals surface area contributed by atoms with Crippen LogP contribution < -0.4 is 15.5 Å². The second-order valence-corrected chi connectivity index (χ2v) is 8.53. The largest absolute Gasteiger partial charge is 0.363 e. The van der Waals surface area contributed by atoms with Gasteiger partial charge >= 0.3 is 0 Å². The van der Waals surface area contributed by atoms with Gasteiger partial charge in [0.15, 0.2) is 5.96 Å². The van der Waals surface area contributed by atoms with E-state index in [0.29, 0.717) is 12.6 Å². The van der Waals surface area contributed by atoms with Crippen LogP contribution in [0.5, 0.6) is 0 Å². The zero-order valence-electron chi connectivity index (χ0n) is 17.5. The molecule has 1 fully saturated rings. The summed E-state index contributed by atoms with van der Waals surface area (Å²) < 4.78 is 2.07. The highest BCUT2D eigenvalue weighted by Crippen LogP contribution is 2.24. The maximum atomic E-state index is 4.82. The minimum Gasteiger partial charge on any atom is -0.363 e. The van der Waals surface area contributed by atoms with Crippen LogP contribution in [0.15, 0.2) is 65.5 Å². The molecule has 0 atom stereocenters. The summed E-state index contributed by atoms with van der Waals surface area (Å²) in [5.74, 6) is 0.912. The van der Waals surface area contributed by atoms with Crippen molar-refractivity contribution in [2.24, 2.45) is 4.99 Å². The summed E-state index contributed by atoms with van der Waals surface area (Å²) in [6.07, 6.45) is 7.90. The summed E-state index contributed by atoms with van der Waals surface area (Å²) in [5.41, 5.74) is 2.48. The highest BCUT2D eigenvalue weighted by atomic mass is 32.1. The second kappa shape index (κ2) is 10.3. The lowest BCUT2D eigenvalue weighted by Gasteiger charge is -2.33. The van der Waals surface area contributed by atoms with E-state index in [-0.39, 0.29) is 0 Å². The van der Waals surface area contributed by atoms with Gasteiger partial charge < -0.3 is 20.1 Å². The third-order valence-corrected chi connectivity index (χ3v) is 6.29. The van der Waals surface area contributed by atoms with E-state index in [9.17, 15) is 0 Å². The Morgan fingerprint density at radius 2 is 1.97 bits per heavy atom. The number of benzene rings is 1. The Kier molecular flexibility index (Phi) is 7.03. The average Bonchev–Trinajstić information content (AvgIpc) is 3.48. The highest BCUT2D eigenvalue weighted by Gasteiger charge is 2.20. The summed E-state index contributed by atoms with van der Waals surface area (Å²) in [7, 11) is 0. The van der Waals surface area contributed by atoms with Gasteiger partial charge in [-0.05, 0) is 48.4 Å². The van der Waals surface area contributed by atoms with Crippen LogP contribution in [0.1, 0.15) is 30.9 Å². The molecule has 0 amide bonds. The molecular weight excluding hydrogens is 392 g/mol. The molecule has 7 heteroatoms. The summed E-state index contributed by atoms with van der Waals surface area (Å²) in [6.45, 7) is 6.68. The topological polar surface area (TPSA) is 57.5 Å². The molecule has 0 unspecified atom stereocenters. The number of anilines is 1. The molecule has 2 aromatic heterocycles. The Bertz CT molecular complexity index is 894. The van der Waals surface area contributed by atoms with Gasteiger partial charge in [-0.1, -0.05) is 24.3 Å². The van der Waals surface area contributed by atoms with Crippen molar-refractivity contribution < 1.29 is 0 Å². The van der Waals surface area contributed by atoms with E-state index in [4.69, 9.17) is 4.99 Å². The highest BCUT2D eigenvalue weighted by molar-refractivity contribution is 7.14. The zero-order chi connectivity index (χ0) is 20.6. The van der Waals surface area contributed by atoms with Gasteiger partial charge in [0.1, 0.15) is 0 Å². The Labute approximate surface area is 182 Å². The van der Waals surface area contributed by atoms with Crippen LogP contribution in [0, 0.1) is 0 Å². The van der Waals surface area contributed by atoms with Crippen LogP contribution in [0.3, 0.4) is 0 Å². The minimum atomic E-state index is 0.469. The summed E-state index contributed by atoms with van der Waals surface area (Å²) >= 11 is 1.83. The van der Waals surface area contributed by atoms with E-state index in [2.05, 4.69) is 73.8 Å². The summed E-state index contributed by atoms with van der Waals surface area (Å²) in [5, 5.41) is 10.6. The SMILES string of the molecule is CCNC(=NCc1ccc(Cn2ccnc2)cc1)NC1CCN(c2cccs2)CC1. The molecule has 0 saturated carbocycles. The lowest BCUT2D eigenvalue weighted by atomic mass is 10.1. The number of guanidine groups is 1. The van der Waals surface area contributed by atoms with Gasteiger partial charge in [-0.3, -0.25) is 0 Å². The van der Waals surface area contributed by atoms with Gasteiger partial charge in [-0.15, -0.1) is 11.3 Å². The van der Waals surface area contributed by atoms with Gasteiger partial charge in [0, 0.05) is 44.6 Å². The quantitative estimate of drug-likeness (QED) is 0.450. The number of aliphatic imine (C=N–C) groups is 1. The lowest BCUT2D eigenvalue weighted by Crippen LogP contribution is -2.48. The van der Waals surface area contributed by atoms with Crippen molar-refractivity contribution >= 4 is 22.3 Å². The predicted octanol–water partition coefficient (Wildman–Crippen LogP) is 3.72. The van der Waals surface area contributed by atoms with Gasteiger partial charge in [0.25, 0.3) is 0 Å². The van der Waals surface area contributed by atoms with Crippen molar-refractivity contribution in [3.63, 3.8) is 0 Å². The van der Waals surface area contributed by atoms with E-state index in [1.807, 2.05) is 30.1 Å². The number of thiophene rings is 1. The molecule has 0 bridgehead atoms. The molecule has 158 valence electrons. The summed E-state index contributed by atoms with van der Waals surface area (Å²) in [4.78, 5) is 11.4. The van der Waals surface area contributed by atoms with Crippen LogP contribution in [0.4, 0.5) is 5.00 Å². The van der Waals surface area contributed by atoms with Crippen LogP contribution in [0.25, 0.3) is 0 Å².